The number of rotatable bonds is 3. The average molecular weight is 259 g/mol. The minimum Gasteiger partial charge on any atom is -0.507 e. The third kappa shape index (κ3) is 2.65. The summed E-state index contributed by atoms with van der Waals surface area (Å²) in [6.07, 6.45) is 1.63. The minimum atomic E-state index is -0.583. The summed E-state index contributed by atoms with van der Waals surface area (Å²) in [5.41, 5.74) is 1.69. The Kier molecular flexibility index (Phi) is 3.66. The molecule has 0 unspecified atom stereocenters. The van der Waals surface area contributed by atoms with Gasteiger partial charge in [0, 0.05) is 17.8 Å². The number of carbonyl (C=O) groups excluding carboxylic acids is 1. The SMILES string of the molecule is COC(=O)c1cc(-c2ccc(OC)nc2)ccc1O. The number of benzene rings is 1. The van der Waals surface area contributed by atoms with E-state index in [1.54, 1.807) is 24.4 Å². The first kappa shape index (κ1) is 12.9. The molecule has 0 saturated carbocycles. The van der Waals surface area contributed by atoms with Crippen molar-refractivity contribution in [1.29, 1.82) is 0 Å². The Hall–Kier alpha value is -2.56. The topological polar surface area (TPSA) is 68.7 Å². The Morgan fingerprint density at radius 3 is 2.47 bits per heavy atom. The molecule has 0 saturated heterocycles. The highest BCUT2D eigenvalue weighted by Crippen LogP contribution is 2.26. The second-order valence-electron chi connectivity index (χ2n) is 3.81. The quantitative estimate of drug-likeness (QED) is 0.856. The maximum atomic E-state index is 11.5. The fraction of sp³-hybridized carbons (Fsp3) is 0.143. The van der Waals surface area contributed by atoms with Crippen LogP contribution >= 0.6 is 0 Å². The van der Waals surface area contributed by atoms with Crippen LogP contribution in [0.25, 0.3) is 11.1 Å². The average Bonchev–Trinajstić information content (AvgIpc) is 2.47. The molecular weight excluding hydrogens is 246 g/mol. The summed E-state index contributed by atoms with van der Waals surface area (Å²) in [6, 6.07) is 8.25. The van der Waals surface area contributed by atoms with Crippen molar-refractivity contribution >= 4 is 5.97 Å². The molecule has 0 amide bonds. The molecule has 0 atom stereocenters. The second kappa shape index (κ2) is 5.39. The minimum absolute atomic E-state index is 0.114. The molecule has 1 aromatic carbocycles. The van der Waals surface area contributed by atoms with Gasteiger partial charge in [0.25, 0.3) is 0 Å². The van der Waals surface area contributed by atoms with Crippen LogP contribution < -0.4 is 4.74 Å². The smallest absolute Gasteiger partial charge is 0.341 e. The van der Waals surface area contributed by atoms with E-state index in [1.807, 2.05) is 6.07 Å². The number of aromatic hydroxyl groups is 1. The molecule has 0 bridgehead atoms. The van der Waals surface area contributed by atoms with Gasteiger partial charge in [-0.15, -0.1) is 0 Å². The lowest BCUT2D eigenvalue weighted by Crippen LogP contribution is -2.01. The number of phenolic OH excluding ortho intramolecular Hbond substituents is 1. The summed E-state index contributed by atoms with van der Waals surface area (Å²) in [5.74, 6) is -0.186. The fourth-order valence-corrected chi connectivity index (χ4v) is 1.66. The van der Waals surface area contributed by atoms with Crippen LogP contribution in [0.1, 0.15) is 10.4 Å². The molecule has 5 heteroatoms. The van der Waals surface area contributed by atoms with Crippen molar-refractivity contribution in [3.8, 4) is 22.8 Å². The molecule has 2 aromatic rings. The van der Waals surface area contributed by atoms with E-state index in [4.69, 9.17) is 4.74 Å². The van der Waals surface area contributed by atoms with Crippen molar-refractivity contribution in [2.24, 2.45) is 0 Å². The zero-order valence-electron chi connectivity index (χ0n) is 10.6. The summed E-state index contributed by atoms with van der Waals surface area (Å²) in [4.78, 5) is 15.6. The van der Waals surface area contributed by atoms with Crippen LogP contribution in [-0.2, 0) is 4.74 Å². The lowest BCUT2D eigenvalue weighted by atomic mass is 10.0. The van der Waals surface area contributed by atoms with Crippen LogP contribution in [0.5, 0.6) is 11.6 Å². The van der Waals surface area contributed by atoms with Gasteiger partial charge in [-0.2, -0.15) is 0 Å². The van der Waals surface area contributed by atoms with Crippen LogP contribution in [0, 0.1) is 0 Å². The van der Waals surface area contributed by atoms with Crippen molar-refractivity contribution in [2.75, 3.05) is 14.2 Å². The molecule has 0 aliphatic rings. The maximum absolute atomic E-state index is 11.5. The van der Waals surface area contributed by atoms with Crippen molar-refractivity contribution in [1.82, 2.24) is 4.98 Å². The van der Waals surface area contributed by atoms with E-state index in [0.717, 1.165) is 11.1 Å². The van der Waals surface area contributed by atoms with Crippen LogP contribution in [-0.4, -0.2) is 30.3 Å². The Bertz CT molecular complexity index is 593. The number of hydrogen-bond donors (Lipinski definition) is 1. The zero-order chi connectivity index (χ0) is 13.8. The largest absolute Gasteiger partial charge is 0.507 e. The van der Waals surface area contributed by atoms with Crippen molar-refractivity contribution in [3.63, 3.8) is 0 Å². The van der Waals surface area contributed by atoms with Gasteiger partial charge in [-0.05, 0) is 23.8 Å². The summed E-state index contributed by atoms with van der Waals surface area (Å²) in [7, 11) is 2.81. The van der Waals surface area contributed by atoms with E-state index < -0.39 is 5.97 Å². The van der Waals surface area contributed by atoms with Crippen LogP contribution in [0.15, 0.2) is 36.5 Å². The lowest BCUT2D eigenvalue weighted by molar-refractivity contribution is 0.0597. The van der Waals surface area contributed by atoms with Crippen molar-refractivity contribution in [2.45, 2.75) is 0 Å². The number of nitrogens with zero attached hydrogens (tertiary/aromatic N) is 1. The van der Waals surface area contributed by atoms with Gasteiger partial charge in [0.15, 0.2) is 0 Å². The highest BCUT2D eigenvalue weighted by Gasteiger charge is 2.12. The first-order valence-electron chi connectivity index (χ1n) is 5.57. The normalized spacial score (nSPS) is 10.0. The molecule has 0 radical (unpaired) electrons. The molecule has 0 aliphatic heterocycles. The predicted octanol–water partition coefficient (Wildman–Crippen LogP) is 2.25. The highest BCUT2D eigenvalue weighted by molar-refractivity contribution is 5.93. The molecule has 0 fully saturated rings. The van der Waals surface area contributed by atoms with E-state index in [-0.39, 0.29) is 11.3 Å². The molecule has 1 heterocycles. The Labute approximate surface area is 110 Å². The van der Waals surface area contributed by atoms with Crippen LogP contribution in [0.3, 0.4) is 0 Å². The number of carbonyl (C=O) groups is 1. The number of hydrogen-bond acceptors (Lipinski definition) is 5. The van der Waals surface area contributed by atoms with Gasteiger partial charge < -0.3 is 14.6 Å². The number of esters is 1. The van der Waals surface area contributed by atoms with Crippen molar-refractivity contribution in [3.05, 3.63) is 42.1 Å². The van der Waals surface area contributed by atoms with Crippen molar-refractivity contribution < 1.29 is 19.4 Å². The first-order valence-corrected chi connectivity index (χ1v) is 5.57. The molecule has 5 nitrogen and oxygen atoms in total. The number of pyridine rings is 1. The van der Waals surface area contributed by atoms with E-state index in [2.05, 4.69) is 9.72 Å². The molecule has 98 valence electrons. The van der Waals surface area contributed by atoms with Gasteiger partial charge in [-0.3, -0.25) is 0 Å². The van der Waals surface area contributed by atoms with E-state index >= 15 is 0 Å². The van der Waals surface area contributed by atoms with Crippen LogP contribution in [0.2, 0.25) is 0 Å². The molecular formula is C14H13NO4. The molecule has 0 aliphatic carbocycles. The van der Waals surface area contributed by atoms with Gasteiger partial charge >= 0.3 is 5.97 Å². The Morgan fingerprint density at radius 1 is 1.16 bits per heavy atom. The summed E-state index contributed by atoms with van der Waals surface area (Å²) < 4.78 is 9.59. The summed E-state index contributed by atoms with van der Waals surface area (Å²) in [5, 5.41) is 9.63. The van der Waals surface area contributed by atoms with Gasteiger partial charge in [0.1, 0.15) is 11.3 Å². The van der Waals surface area contributed by atoms with Crippen LogP contribution in [0.4, 0.5) is 0 Å². The number of ether oxygens (including phenoxy) is 2. The van der Waals surface area contributed by atoms with E-state index in [9.17, 15) is 9.90 Å². The molecule has 19 heavy (non-hydrogen) atoms. The standard InChI is InChI=1S/C14H13NO4/c1-18-13-6-4-10(8-15-13)9-3-5-12(16)11(7-9)14(17)19-2/h3-8,16H,1-2H3. The second-order valence-corrected chi connectivity index (χ2v) is 3.81. The fourth-order valence-electron chi connectivity index (χ4n) is 1.66. The summed E-state index contributed by atoms with van der Waals surface area (Å²) in [6.45, 7) is 0. The van der Waals surface area contributed by atoms with E-state index in [0.29, 0.717) is 5.88 Å². The number of methoxy groups -OCH3 is 2. The van der Waals surface area contributed by atoms with E-state index in [1.165, 1.54) is 20.3 Å². The highest BCUT2D eigenvalue weighted by atomic mass is 16.5. The maximum Gasteiger partial charge on any atom is 0.341 e. The Balaban J connectivity index is 2.42. The zero-order valence-corrected chi connectivity index (χ0v) is 10.6. The predicted molar refractivity (Wildman–Crippen MR) is 69.2 cm³/mol. The molecule has 0 spiro atoms. The molecule has 1 N–H and O–H groups in total. The number of phenols is 1. The van der Waals surface area contributed by atoms with Gasteiger partial charge in [0.2, 0.25) is 5.88 Å². The van der Waals surface area contributed by atoms with Gasteiger partial charge in [-0.25, -0.2) is 9.78 Å². The third-order valence-electron chi connectivity index (χ3n) is 2.68. The van der Waals surface area contributed by atoms with Gasteiger partial charge in [0.05, 0.1) is 14.2 Å². The first-order chi connectivity index (χ1) is 9.15. The van der Waals surface area contributed by atoms with Gasteiger partial charge in [-0.1, -0.05) is 6.07 Å². The molecule has 1 aromatic heterocycles. The lowest BCUT2D eigenvalue weighted by Gasteiger charge is -2.07. The number of aromatic nitrogens is 1. The Morgan fingerprint density at radius 2 is 1.89 bits per heavy atom. The third-order valence-corrected chi connectivity index (χ3v) is 2.68. The summed E-state index contributed by atoms with van der Waals surface area (Å²) >= 11 is 0. The monoisotopic (exact) mass is 259 g/mol. The molecule has 2 rings (SSSR count).